The first-order valence-electron chi connectivity index (χ1n) is 9.52. The van der Waals surface area contributed by atoms with Crippen LogP contribution in [0.4, 0.5) is 0 Å². The number of carbonyl (C=O) groups is 1. The van der Waals surface area contributed by atoms with Crippen molar-refractivity contribution < 1.29 is 9.90 Å². The second-order valence-corrected chi connectivity index (χ2v) is 9.84. The summed E-state index contributed by atoms with van der Waals surface area (Å²) in [7, 11) is 0. The quantitative estimate of drug-likeness (QED) is 0.224. The van der Waals surface area contributed by atoms with E-state index < -0.39 is 11.4 Å². The Morgan fingerprint density at radius 2 is 1.27 bits per heavy atom. The molecule has 0 atom stereocenters. The van der Waals surface area contributed by atoms with Crippen LogP contribution in [0.25, 0.3) is 11.1 Å². The normalized spacial score (nSPS) is 13.5. The molecule has 146 valence electrons. The molecule has 1 aliphatic rings. The minimum absolute atomic E-state index is 0.355. The van der Waals surface area contributed by atoms with Gasteiger partial charge in [0.1, 0.15) is 0 Å². The summed E-state index contributed by atoms with van der Waals surface area (Å²) in [6.07, 6.45) is 0. The van der Waals surface area contributed by atoms with E-state index in [1.807, 2.05) is 12.1 Å². The average molecular weight is 614 g/mol. The van der Waals surface area contributed by atoms with Crippen LogP contribution in [0.5, 0.6) is 0 Å². The first-order chi connectivity index (χ1) is 14.5. The zero-order valence-corrected chi connectivity index (χ0v) is 20.1. The lowest BCUT2D eigenvalue weighted by atomic mass is 9.67. The highest BCUT2D eigenvalue weighted by molar-refractivity contribution is 14.1. The van der Waals surface area contributed by atoms with E-state index in [0.29, 0.717) is 5.56 Å². The van der Waals surface area contributed by atoms with Crippen LogP contribution in [0.2, 0.25) is 0 Å². The molecule has 0 heterocycles. The monoisotopic (exact) mass is 614 g/mol. The summed E-state index contributed by atoms with van der Waals surface area (Å²) in [5, 5.41) is 10.1. The largest absolute Gasteiger partial charge is 0.478 e. The van der Waals surface area contributed by atoms with Crippen LogP contribution in [0.3, 0.4) is 0 Å². The Kier molecular flexibility index (Phi) is 4.94. The van der Waals surface area contributed by atoms with E-state index >= 15 is 0 Å². The van der Waals surface area contributed by atoms with Gasteiger partial charge in [0.2, 0.25) is 0 Å². The van der Waals surface area contributed by atoms with Gasteiger partial charge < -0.3 is 5.11 Å². The molecule has 0 bridgehead atoms. The van der Waals surface area contributed by atoms with Crippen molar-refractivity contribution in [3.05, 3.63) is 126 Å². The number of hydrogen-bond acceptors (Lipinski definition) is 1. The van der Waals surface area contributed by atoms with Gasteiger partial charge in [-0.3, -0.25) is 0 Å². The van der Waals surface area contributed by atoms with E-state index in [-0.39, 0.29) is 0 Å². The number of carboxylic acid groups (broad SMARTS) is 1. The van der Waals surface area contributed by atoms with Gasteiger partial charge in [0.05, 0.1) is 11.0 Å². The van der Waals surface area contributed by atoms with Gasteiger partial charge in [-0.25, -0.2) is 4.79 Å². The number of fused-ring (bicyclic) bond motifs is 3. The molecule has 0 saturated heterocycles. The Bertz CT molecular complexity index is 1240. The Labute approximate surface area is 202 Å². The summed E-state index contributed by atoms with van der Waals surface area (Å²) in [6, 6.07) is 31.1. The van der Waals surface area contributed by atoms with E-state index in [1.165, 1.54) is 0 Å². The Balaban J connectivity index is 2.04. The van der Waals surface area contributed by atoms with E-state index in [1.54, 1.807) is 6.07 Å². The van der Waals surface area contributed by atoms with Crippen LogP contribution in [0.15, 0.2) is 91.0 Å². The molecule has 2 nitrogen and oxygen atoms in total. The van der Waals surface area contributed by atoms with Gasteiger partial charge in [-0.15, -0.1) is 0 Å². The third kappa shape index (κ3) is 2.84. The maximum absolute atomic E-state index is 12.3. The molecule has 0 fully saturated rings. The van der Waals surface area contributed by atoms with E-state index in [2.05, 4.69) is 118 Å². The van der Waals surface area contributed by atoms with Crippen LogP contribution in [-0.4, -0.2) is 11.1 Å². The van der Waals surface area contributed by atoms with Crippen molar-refractivity contribution in [1.82, 2.24) is 0 Å². The molecule has 1 N–H and O–H groups in total. The molecule has 0 saturated carbocycles. The van der Waals surface area contributed by atoms with Crippen LogP contribution in [0, 0.1) is 7.14 Å². The number of aromatic carboxylic acids is 1. The maximum atomic E-state index is 12.3. The third-order valence-electron chi connectivity index (χ3n) is 5.81. The number of hydrogen-bond donors (Lipinski definition) is 1. The highest BCUT2D eigenvalue weighted by Crippen LogP contribution is 2.57. The molecule has 4 aromatic rings. The predicted octanol–water partition coefficient (Wildman–Crippen LogP) is 6.96. The van der Waals surface area contributed by atoms with E-state index in [4.69, 9.17) is 0 Å². The van der Waals surface area contributed by atoms with Crippen molar-refractivity contribution in [3.8, 4) is 11.1 Å². The van der Waals surface area contributed by atoms with Gasteiger partial charge in [-0.2, -0.15) is 0 Å². The smallest absolute Gasteiger partial charge is 0.336 e. The lowest BCUT2D eigenvalue weighted by Crippen LogP contribution is -2.29. The molecule has 0 amide bonds. The van der Waals surface area contributed by atoms with Gasteiger partial charge >= 0.3 is 5.97 Å². The first kappa shape index (κ1) is 19.8. The van der Waals surface area contributed by atoms with Gasteiger partial charge in [-0.05, 0) is 97.3 Å². The van der Waals surface area contributed by atoms with Crippen molar-refractivity contribution in [2.75, 3.05) is 0 Å². The number of halogens is 2. The Morgan fingerprint density at radius 1 is 0.700 bits per heavy atom. The van der Waals surface area contributed by atoms with Crippen molar-refractivity contribution in [1.29, 1.82) is 0 Å². The van der Waals surface area contributed by atoms with Crippen LogP contribution in [0.1, 0.15) is 32.6 Å². The van der Waals surface area contributed by atoms with Crippen LogP contribution in [-0.2, 0) is 5.41 Å². The topological polar surface area (TPSA) is 37.3 Å². The molecule has 5 rings (SSSR count). The second-order valence-electron chi connectivity index (χ2n) is 7.35. The summed E-state index contributed by atoms with van der Waals surface area (Å²) in [5.41, 5.74) is 6.03. The molecule has 0 spiro atoms. The minimum Gasteiger partial charge on any atom is -0.478 e. The molecule has 0 radical (unpaired) electrons. The molecule has 1 aliphatic carbocycles. The van der Waals surface area contributed by atoms with Gasteiger partial charge in [0.15, 0.2) is 0 Å². The fraction of sp³-hybridized carbons (Fsp3) is 0.0385. The third-order valence-corrected chi connectivity index (χ3v) is 7.10. The SMILES string of the molecule is O=C(O)c1cc(I)cc2c1-c1ccc(I)cc1C2(c1ccccc1)c1ccccc1. The van der Waals surface area contributed by atoms with Crippen molar-refractivity contribution in [2.24, 2.45) is 0 Å². The van der Waals surface area contributed by atoms with Crippen molar-refractivity contribution in [2.45, 2.75) is 5.41 Å². The fourth-order valence-electron chi connectivity index (χ4n) is 4.72. The standard InChI is InChI=1S/C26H16I2O2/c27-18-11-12-20-22(14-18)26(16-7-3-1-4-8-16,17-9-5-2-6-10-17)23-15-19(28)13-21(24(20)23)25(29)30/h1-15H,(H,29,30). The molecule has 30 heavy (non-hydrogen) atoms. The first-order valence-corrected chi connectivity index (χ1v) is 11.7. The molecular weight excluding hydrogens is 598 g/mol. The molecule has 0 unspecified atom stereocenters. The number of benzene rings is 4. The second kappa shape index (κ2) is 7.50. The molecule has 4 aromatic carbocycles. The van der Waals surface area contributed by atoms with Crippen LogP contribution < -0.4 is 0 Å². The summed E-state index contributed by atoms with van der Waals surface area (Å²) in [4.78, 5) is 12.3. The predicted molar refractivity (Wildman–Crippen MR) is 136 cm³/mol. The minimum atomic E-state index is -0.897. The maximum Gasteiger partial charge on any atom is 0.336 e. The average Bonchev–Trinajstić information content (AvgIpc) is 3.04. The number of rotatable bonds is 3. The van der Waals surface area contributed by atoms with Crippen LogP contribution >= 0.6 is 45.2 Å². The molecular formula is C26H16I2O2. The fourth-order valence-corrected chi connectivity index (χ4v) is 5.83. The van der Waals surface area contributed by atoms with Gasteiger partial charge in [0.25, 0.3) is 0 Å². The highest BCUT2D eigenvalue weighted by Gasteiger charge is 2.47. The lowest BCUT2D eigenvalue weighted by molar-refractivity contribution is 0.0697. The summed E-state index contributed by atoms with van der Waals surface area (Å²) < 4.78 is 2.05. The zero-order valence-electron chi connectivity index (χ0n) is 15.8. The van der Waals surface area contributed by atoms with Crippen molar-refractivity contribution in [3.63, 3.8) is 0 Å². The van der Waals surface area contributed by atoms with Crippen molar-refractivity contribution >= 4 is 51.2 Å². The zero-order chi connectivity index (χ0) is 20.9. The van der Waals surface area contributed by atoms with E-state index in [0.717, 1.165) is 40.5 Å². The molecule has 0 aliphatic heterocycles. The molecule has 4 heteroatoms. The molecule has 0 aromatic heterocycles. The highest BCUT2D eigenvalue weighted by atomic mass is 127. The Hall–Kier alpha value is -2.19. The van der Waals surface area contributed by atoms with Gasteiger partial charge in [-0.1, -0.05) is 66.7 Å². The number of carboxylic acids is 1. The summed E-state index contributed by atoms with van der Waals surface area (Å²) in [6.45, 7) is 0. The lowest BCUT2D eigenvalue weighted by Gasteiger charge is -2.34. The summed E-state index contributed by atoms with van der Waals surface area (Å²) >= 11 is 4.57. The van der Waals surface area contributed by atoms with Gasteiger partial charge in [0, 0.05) is 12.7 Å². The summed E-state index contributed by atoms with van der Waals surface area (Å²) in [5.74, 6) is -0.897. The Morgan fingerprint density at radius 3 is 1.83 bits per heavy atom. The van der Waals surface area contributed by atoms with E-state index in [9.17, 15) is 9.90 Å².